The quantitative estimate of drug-likeness (QED) is 0.937. The maximum Gasteiger partial charge on any atom is 0.161 e. The van der Waals surface area contributed by atoms with Gasteiger partial charge in [0.2, 0.25) is 0 Å². The Balaban J connectivity index is 1.62. The molecule has 0 amide bonds. The molecule has 3 rings (SSSR count). The van der Waals surface area contributed by atoms with Crippen LogP contribution in [-0.2, 0) is 13.1 Å². The Bertz CT molecular complexity index is 602. The van der Waals surface area contributed by atoms with Gasteiger partial charge in [-0.2, -0.15) is 0 Å². The van der Waals surface area contributed by atoms with Crippen molar-refractivity contribution in [3.63, 3.8) is 0 Å². The normalized spacial score (nSPS) is 14.0. The minimum absolute atomic E-state index is 0.711. The standard InChI is InChI=1S/C16H20N2O3/c1-11-14(12(2)21-18-11)10-17-9-13-4-5-15-16(8-13)20-7-3-6-19-15/h4-5,8,17H,3,6-7,9-10H2,1-2H3. The Labute approximate surface area is 124 Å². The zero-order chi connectivity index (χ0) is 14.7. The molecule has 5 nitrogen and oxygen atoms in total. The van der Waals surface area contributed by atoms with Crippen LogP contribution in [0.2, 0.25) is 0 Å². The SMILES string of the molecule is Cc1noc(C)c1CNCc1ccc2c(c1)OCCCO2. The molecule has 1 N–H and O–H groups in total. The first-order valence-corrected chi connectivity index (χ1v) is 7.25. The van der Waals surface area contributed by atoms with E-state index in [1.807, 2.05) is 26.0 Å². The van der Waals surface area contributed by atoms with Gasteiger partial charge in [-0.05, 0) is 31.5 Å². The van der Waals surface area contributed by atoms with E-state index in [4.69, 9.17) is 14.0 Å². The number of aromatic nitrogens is 1. The number of hydrogen-bond acceptors (Lipinski definition) is 5. The summed E-state index contributed by atoms with van der Waals surface area (Å²) in [5.41, 5.74) is 3.24. The molecule has 1 aromatic carbocycles. The second-order valence-electron chi connectivity index (χ2n) is 5.24. The van der Waals surface area contributed by atoms with E-state index in [-0.39, 0.29) is 0 Å². The number of fused-ring (bicyclic) bond motifs is 1. The molecule has 0 saturated heterocycles. The summed E-state index contributed by atoms with van der Waals surface area (Å²) in [6.45, 7) is 6.83. The fraction of sp³-hybridized carbons (Fsp3) is 0.438. The molecule has 0 spiro atoms. The van der Waals surface area contributed by atoms with Crippen molar-refractivity contribution >= 4 is 0 Å². The predicted molar refractivity (Wildman–Crippen MR) is 78.6 cm³/mol. The average molecular weight is 288 g/mol. The lowest BCUT2D eigenvalue weighted by atomic mass is 10.1. The molecule has 0 atom stereocenters. The number of nitrogens with zero attached hydrogens (tertiary/aromatic N) is 1. The van der Waals surface area contributed by atoms with Crippen molar-refractivity contribution in [1.82, 2.24) is 10.5 Å². The van der Waals surface area contributed by atoms with Gasteiger partial charge in [-0.25, -0.2) is 0 Å². The van der Waals surface area contributed by atoms with Gasteiger partial charge in [0.05, 0.1) is 18.9 Å². The first-order chi connectivity index (χ1) is 10.2. The average Bonchev–Trinajstić information content (AvgIpc) is 2.69. The number of nitrogens with one attached hydrogen (secondary N) is 1. The van der Waals surface area contributed by atoms with Crippen molar-refractivity contribution in [2.24, 2.45) is 0 Å². The minimum Gasteiger partial charge on any atom is -0.490 e. The van der Waals surface area contributed by atoms with Gasteiger partial charge in [0.15, 0.2) is 11.5 Å². The summed E-state index contributed by atoms with van der Waals surface area (Å²) in [4.78, 5) is 0. The van der Waals surface area contributed by atoms with Crippen LogP contribution >= 0.6 is 0 Å². The van der Waals surface area contributed by atoms with E-state index >= 15 is 0 Å². The molecule has 0 radical (unpaired) electrons. The van der Waals surface area contributed by atoms with Gasteiger partial charge in [0, 0.05) is 25.1 Å². The third-order valence-electron chi connectivity index (χ3n) is 3.62. The highest BCUT2D eigenvalue weighted by Crippen LogP contribution is 2.30. The number of ether oxygens (including phenoxy) is 2. The second-order valence-corrected chi connectivity index (χ2v) is 5.24. The highest BCUT2D eigenvalue weighted by Gasteiger charge is 2.11. The van der Waals surface area contributed by atoms with Crippen molar-refractivity contribution in [2.75, 3.05) is 13.2 Å². The van der Waals surface area contributed by atoms with Crippen LogP contribution in [0.1, 0.15) is 29.0 Å². The predicted octanol–water partition coefficient (Wildman–Crippen LogP) is 2.74. The summed E-state index contributed by atoms with van der Waals surface area (Å²) >= 11 is 0. The molecule has 0 saturated carbocycles. The smallest absolute Gasteiger partial charge is 0.161 e. The zero-order valence-electron chi connectivity index (χ0n) is 12.4. The molecule has 1 aliphatic rings. The lowest BCUT2D eigenvalue weighted by molar-refractivity contribution is 0.297. The number of aryl methyl sites for hydroxylation is 2. The van der Waals surface area contributed by atoms with Crippen LogP contribution in [0.3, 0.4) is 0 Å². The second kappa shape index (κ2) is 6.18. The van der Waals surface area contributed by atoms with Crippen molar-refractivity contribution < 1.29 is 14.0 Å². The van der Waals surface area contributed by atoms with Crippen LogP contribution in [-0.4, -0.2) is 18.4 Å². The molecular formula is C16H20N2O3. The van der Waals surface area contributed by atoms with Gasteiger partial charge in [-0.15, -0.1) is 0 Å². The summed E-state index contributed by atoms with van der Waals surface area (Å²) in [7, 11) is 0. The van der Waals surface area contributed by atoms with Gasteiger partial charge >= 0.3 is 0 Å². The van der Waals surface area contributed by atoms with E-state index in [0.29, 0.717) is 6.61 Å². The monoisotopic (exact) mass is 288 g/mol. The Morgan fingerprint density at radius 2 is 1.90 bits per heavy atom. The maximum atomic E-state index is 5.70. The fourth-order valence-electron chi connectivity index (χ4n) is 2.40. The molecular weight excluding hydrogens is 268 g/mol. The zero-order valence-corrected chi connectivity index (χ0v) is 12.4. The van der Waals surface area contributed by atoms with Gasteiger partial charge in [0.25, 0.3) is 0 Å². The molecule has 2 heterocycles. The van der Waals surface area contributed by atoms with E-state index < -0.39 is 0 Å². The van der Waals surface area contributed by atoms with Gasteiger partial charge in [-0.1, -0.05) is 11.2 Å². The molecule has 1 aromatic heterocycles. The largest absolute Gasteiger partial charge is 0.490 e. The molecule has 0 aliphatic carbocycles. The first kappa shape index (κ1) is 13.9. The third-order valence-corrected chi connectivity index (χ3v) is 3.62. The van der Waals surface area contributed by atoms with Crippen molar-refractivity contribution in [3.05, 3.63) is 40.8 Å². The molecule has 5 heteroatoms. The topological polar surface area (TPSA) is 56.5 Å². The first-order valence-electron chi connectivity index (χ1n) is 7.25. The van der Waals surface area contributed by atoms with Crippen molar-refractivity contribution in [2.45, 2.75) is 33.4 Å². The number of rotatable bonds is 4. The molecule has 21 heavy (non-hydrogen) atoms. The lowest BCUT2D eigenvalue weighted by Gasteiger charge is -2.10. The van der Waals surface area contributed by atoms with Crippen LogP contribution in [0.5, 0.6) is 11.5 Å². The molecule has 0 bridgehead atoms. The van der Waals surface area contributed by atoms with E-state index in [9.17, 15) is 0 Å². The Hall–Kier alpha value is -2.01. The van der Waals surface area contributed by atoms with Crippen molar-refractivity contribution in [1.29, 1.82) is 0 Å². The van der Waals surface area contributed by atoms with Crippen LogP contribution < -0.4 is 14.8 Å². The summed E-state index contributed by atoms with van der Waals surface area (Å²) < 4.78 is 16.5. The Morgan fingerprint density at radius 3 is 2.67 bits per heavy atom. The van der Waals surface area contributed by atoms with Gasteiger partial charge < -0.3 is 19.3 Å². The van der Waals surface area contributed by atoms with E-state index in [0.717, 1.165) is 54.6 Å². The fourth-order valence-corrected chi connectivity index (χ4v) is 2.40. The summed E-state index contributed by atoms with van der Waals surface area (Å²) in [5.74, 6) is 2.55. The summed E-state index contributed by atoms with van der Waals surface area (Å²) in [6.07, 6.45) is 0.925. The Morgan fingerprint density at radius 1 is 1.10 bits per heavy atom. The number of hydrogen-bond donors (Lipinski definition) is 1. The molecule has 112 valence electrons. The van der Waals surface area contributed by atoms with Crippen LogP contribution in [0.25, 0.3) is 0 Å². The number of benzene rings is 1. The summed E-state index contributed by atoms with van der Waals surface area (Å²) in [6, 6.07) is 6.09. The van der Waals surface area contributed by atoms with Crippen LogP contribution in [0, 0.1) is 13.8 Å². The molecule has 1 aliphatic heterocycles. The minimum atomic E-state index is 0.711. The molecule has 2 aromatic rings. The van der Waals surface area contributed by atoms with Crippen molar-refractivity contribution in [3.8, 4) is 11.5 Å². The Kier molecular flexibility index (Phi) is 4.10. The highest BCUT2D eigenvalue weighted by molar-refractivity contribution is 5.43. The molecule has 0 fully saturated rings. The lowest BCUT2D eigenvalue weighted by Crippen LogP contribution is -2.13. The highest BCUT2D eigenvalue weighted by atomic mass is 16.5. The van der Waals surface area contributed by atoms with E-state index in [2.05, 4.69) is 16.5 Å². The molecule has 0 unspecified atom stereocenters. The van der Waals surface area contributed by atoms with Crippen LogP contribution in [0.4, 0.5) is 0 Å². The summed E-state index contributed by atoms with van der Waals surface area (Å²) in [5, 5.41) is 7.37. The van der Waals surface area contributed by atoms with Gasteiger partial charge in [-0.3, -0.25) is 0 Å². The maximum absolute atomic E-state index is 5.70. The third kappa shape index (κ3) is 3.19. The van der Waals surface area contributed by atoms with E-state index in [1.165, 1.54) is 5.56 Å². The van der Waals surface area contributed by atoms with Gasteiger partial charge in [0.1, 0.15) is 5.76 Å². The van der Waals surface area contributed by atoms with Crippen LogP contribution in [0.15, 0.2) is 22.7 Å². The van der Waals surface area contributed by atoms with E-state index in [1.54, 1.807) is 0 Å².